The quantitative estimate of drug-likeness (QED) is 0.803. The van der Waals surface area contributed by atoms with Crippen molar-refractivity contribution in [2.24, 2.45) is 17.1 Å². The molecule has 2 atom stereocenters. The Labute approximate surface area is 168 Å². The average molecular weight is 422 g/mol. The van der Waals surface area contributed by atoms with Crippen molar-refractivity contribution < 1.29 is 0 Å². The number of hydrogen-bond donors (Lipinski definition) is 1. The van der Waals surface area contributed by atoms with Gasteiger partial charge in [-0.15, -0.1) is 0 Å². The van der Waals surface area contributed by atoms with Crippen LogP contribution in [0.1, 0.15) is 24.8 Å². The second-order valence-electron chi connectivity index (χ2n) is 6.99. The van der Waals surface area contributed by atoms with Crippen LogP contribution in [0.25, 0.3) is 0 Å². The third-order valence-corrected chi connectivity index (χ3v) is 5.98. The molecule has 0 fully saturated rings. The lowest BCUT2D eigenvalue weighted by Gasteiger charge is -2.45. The van der Waals surface area contributed by atoms with Crippen molar-refractivity contribution in [1.82, 2.24) is 4.90 Å². The second kappa shape index (κ2) is 7.57. The molecule has 1 aliphatic carbocycles. The van der Waals surface area contributed by atoms with E-state index in [0.29, 0.717) is 12.1 Å². The van der Waals surface area contributed by atoms with Gasteiger partial charge in [-0.25, -0.2) is 0 Å². The van der Waals surface area contributed by atoms with Gasteiger partial charge in [-0.1, -0.05) is 41.1 Å². The Morgan fingerprint density at radius 2 is 2.04 bits per heavy atom. The number of benzene rings is 1. The van der Waals surface area contributed by atoms with Crippen LogP contribution in [0.3, 0.4) is 0 Å². The van der Waals surface area contributed by atoms with Crippen LogP contribution in [0.5, 0.6) is 0 Å². The molecular formula is C21H20BrN5. The first-order valence-corrected chi connectivity index (χ1v) is 9.72. The van der Waals surface area contributed by atoms with Gasteiger partial charge in [0.05, 0.1) is 23.4 Å². The Bertz CT molecular complexity index is 927. The molecular weight excluding hydrogens is 402 g/mol. The first kappa shape index (κ1) is 19.2. The molecule has 0 unspecified atom stereocenters. The van der Waals surface area contributed by atoms with E-state index in [2.05, 4.69) is 46.0 Å². The van der Waals surface area contributed by atoms with Gasteiger partial charge in [0, 0.05) is 29.4 Å². The minimum Gasteiger partial charge on any atom is -0.399 e. The minimum absolute atomic E-state index is 0.0754. The molecule has 3 rings (SSSR count). The smallest absolute Gasteiger partial charge is 0.191 e. The largest absolute Gasteiger partial charge is 0.399 e. The molecule has 1 aliphatic heterocycles. The topological polar surface area (TPSA) is 101 Å². The van der Waals surface area contributed by atoms with Gasteiger partial charge in [0.2, 0.25) is 0 Å². The van der Waals surface area contributed by atoms with E-state index in [1.165, 1.54) is 0 Å². The van der Waals surface area contributed by atoms with Gasteiger partial charge in [0.1, 0.15) is 6.07 Å². The summed E-state index contributed by atoms with van der Waals surface area (Å²) >= 11 is 3.49. The summed E-state index contributed by atoms with van der Waals surface area (Å²) in [7, 11) is 0. The molecule has 0 aromatic heterocycles. The number of rotatable bonds is 3. The van der Waals surface area contributed by atoms with E-state index in [9.17, 15) is 15.8 Å². The highest BCUT2D eigenvalue weighted by molar-refractivity contribution is 9.10. The Morgan fingerprint density at radius 3 is 2.63 bits per heavy atom. The van der Waals surface area contributed by atoms with E-state index in [1.54, 1.807) is 0 Å². The van der Waals surface area contributed by atoms with Gasteiger partial charge in [-0.3, -0.25) is 4.90 Å². The van der Waals surface area contributed by atoms with Gasteiger partial charge < -0.3 is 5.73 Å². The standard InChI is InChI=1S/C21H20BrN5/c1-2-7-27-8-6-16-17(10-23)20(26)21(12-24,13-25)19(18(16)11-27)14-4-3-5-15(22)9-14/h3-6,9,18-19H,2,7-8,11,26H2,1H3/t18-,19+/m1/s1. The van der Waals surface area contributed by atoms with Crippen LogP contribution >= 0.6 is 15.9 Å². The molecule has 136 valence electrons. The fraction of sp³-hybridized carbons (Fsp3) is 0.381. The SMILES string of the molecule is CCCN1CC=C2C(C#N)=C(N)C(C#N)(C#N)[C@@H](c3cccc(Br)c3)[C@@H]2C1. The van der Waals surface area contributed by atoms with E-state index in [1.807, 2.05) is 30.3 Å². The molecule has 1 aromatic rings. The van der Waals surface area contributed by atoms with Crippen LogP contribution in [0, 0.1) is 45.3 Å². The van der Waals surface area contributed by atoms with Crippen LogP contribution < -0.4 is 5.73 Å². The average Bonchev–Trinajstić information content (AvgIpc) is 2.67. The number of hydrogen-bond acceptors (Lipinski definition) is 5. The lowest BCUT2D eigenvalue weighted by Crippen LogP contribution is -2.48. The molecule has 2 N–H and O–H groups in total. The molecule has 0 radical (unpaired) electrons. The molecule has 0 bridgehead atoms. The Kier molecular flexibility index (Phi) is 5.38. The molecule has 0 saturated carbocycles. The summed E-state index contributed by atoms with van der Waals surface area (Å²) in [5.41, 5.74) is 6.85. The van der Waals surface area contributed by atoms with Crippen molar-refractivity contribution in [3.05, 3.63) is 57.2 Å². The van der Waals surface area contributed by atoms with E-state index < -0.39 is 11.3 Å². The van der Waals surface area contributed by atoms with E-state index in [-0.39, 0.29) is 11.6 Å². The van der Waals surface area contributed by atoms with Crippen molar-refractivity contribution in [2.75, 3.05) is 19.6 Å². The maximum Gasteiger partial charge on any atom is 0.191 e. The highest BCUT2D eigenvalue weighted by atomic mass is 79.9. The zero-order valence-electron chi connectivity index (χ0n) is 15.1. The highest BCUT2D eigenvalue weighted by Gasteiger charge is 2.54. The maximum atomic E-state index is 10.0. The highest BCUT2D eigenvalue weighted by Crippen LogP contribution is 2.54. The first-order valence-electron chi connectivity index (χ1n) is 8.93. The number of allylic oxidation sites excluding steroid dienone is 2. The molecule has 0 amide bonds. The molecule has 2 aliphatic rings. The monoisotopic (exact) mass is 421 g/mol. The van der Waals surface area contributed by atoms with Crippen molar-refractivity contribution in [2.45, 2.75) is 19.3 Å². The first-order chi connectivity index (χ1) is 13.0. The summed E-state index contributed by atoms with van der Waals surface area (Å²) in [4.78, 5) is 2.30. The van der Waals surface area contributed by atoms with Gasteiger partial charge >= 0.3 is 0 Å². The summed E-state index contributed by atoms with van der Waals surface area (Å²) < 4.78 is 0.880. The lowest BCUT2D eigenvalue weighted by atomic mass is 9.58. The molecule has 1 aromatic carbocycles. The number of nitriles is 3. The Hall–Kier alpha value is -2.59. The van der Waals surface area contributed by atoms with Gasteiger partial charge in [-0.2, -0.15) is 15.8 Å². The molecule has 0 spiro atoms. The molecule has 1 heterocycles. The van der Waals surface area contributed by atoms with Crippen LogP contribution in [0.15, 0.2) is 51.7 Å². The normalized spacial score (nSPS) is 24.2. The number of nitrogens with two attached hydrogens (primary N) is 1. The number of fused-ring (bicyclic) bond motifs is 1. The number of halogens is 1. The Morgan fingerprint density at radius 1 is 1.30 bits per heavy atom. The zero-order chi connectivity index (χ0) is 19.6. The summed E-state index contributed by atoms with van der Waals surface area (Å²) in [6.07, 6.45) is 3.06. The van der Waals surface area contributed by atoms with Crippen molar-refractivity contribution in [3.63, 3.8) is 0 Å². The maximum absolute atomic E-state index is 10.0. The fourth-order valence-electron chi connectivity index (χ4n) is 4.31. The third kappa shape index (κ3) is 3.04. The molecule has 0 saturated heterocycles. The van der Waals surface area contributed by atoms with Crippen molar-refractivity contribution in [1.29, 1.82) is 15.8 Å². The summed E-state index contributed by atoms with van der Waals surface area (Å²) in [5, 5.41) is 29.8. The summed E-state index contributed by atoms with van der Waals surface area (Å²) in [6, 6.07) is 14.2. The summed E-state index contributed by atoms with van der Waals surface area (Å²) in [6.45, 7) is 4.49. The zero-order valence-corrected chi connectivity index (χ0v) is 16.7. The summed E-state index contributed by atoms with van der Waals surface area (Å²) in [5.74, 6) is -0.575. The Balaban J connectivity index is 2.27. The third-order valence-electron chi connectivity index (χ3n) is 5.49. The fourth-order valence-corrected chi connectivity index (χ4v) is 4.73. The molecule has 5 nitrogen and oxygen atoms in total. The number of nitrogens with zero attached hydrogens (tertiary/aromatic N) is 4. The minimum atomic E-state index is -1.57. The van der Waals surface area contributed by atoms with Crippen LogP contribution in [-0.2, 0) is 0 Å². The van der Waals surface area contributed by atoms with Crippen LogP contribution in [0.4, 0.5) is 0 Å². The predicted molar refractivity (Wildman–Crippen MR) is 106 cm³/mol. The molecule has 6 heteroatoms. The molecule has 27 heavy (non-hydrogen) atoms. The van der Waals surface area contributed by atoms with Gasteiger partial charge in [0.25, 0.3) is 0 Å². The van der Waals surface area contributed by atoms with E-state index in [0.717, 1.165) is 35.1 Å². The van der Waals surface area contributed by atoms with Gasteiger partial charge in [-0.05, 0) is 36.2 Å². The van der Waals surface area contributed by atoms with E-state index >= 15 is 0 Å². The predicted octanol–water partition coefficient (Wildman–Crippen LogP) is 3.58. The van der Waals surface area contributed by atoms with Crippen LogP contribution in [0.2, 0.25) is 0 Å². The lowest BCUT2D eigenvalue weighted by molar-refractivity contribution is 0.207. The second-order valence-corrected chi connectivity index (χ2v) is 7.91. The van der Waals surface area contributed by atoms with Crippen LogP contribution in [-0.4, -0.2) is 24.5 Å². The van der Waals surface area contributed by atoms with Crippen molar-refractivity contribution >= 4 is 15.9 Å². The van der Waals surface area contributed by atoms with Gasteiger partial charge in [0.15, 0.2) is 5.41 Å². The van der Waals surface area contributed by atoms with E-state index in [4.69, 9.17) is 5.73 Å². The van der Waals surface area contributed by atoms with Crippen molar-refractivity contribution in [3.8, 4) is 18.2 Å².